The molecule has 11 aromatic rings. The standard InChI is InChI=1S/C64H48BN5O.Pt/c1-64(2,3)50-42-55(47-25-10-5-11-26-47)63(56(43-50)49-28-20-27-48(41-49)46-23-8-4-9-24-46)68-45-67(57-35-16-17-36-58(57)68)53-33-21-34-54(44-53)71-62-40-22-39-61(66-62)70-60-38-19-18-37-59(60)69(52-31-14-7-15-32-52)65(70)51-29-12-6-13-30-51;/h4-37,39-43H,1-3H3;/q-2;. The van der Waals surface area contributed by atoms with Crippen LogP contribution in [-0.4, -0.2) is 21.1 Å². The molecule has 0 bridgehead atoms. The summed E-state index contributed by atoms with van der Waals surface area (Å²) < 4.78 is 12.4. The second-order valence-electron chi connectivity index (χ2n) is 19.0. The van der Waals surface area contributed by atoms with E-state index in [1.54, 1.807) is 0 Å². The van der Waals surface area contributed by atoms with Crippen molar-refractivity contribution in [2.24, 2.45) is 0 Å². The summed E-state index contributed by atoms with van der Waals surface area (Å²) in [6.45, 7) is 6.67. The van der Waals surface area contributed by atoms with Crippen LogP contribution in [0.5, 0.6) is 11.6 Å². The zero-order valence-corrected chi connectivity index (χ0v) is 42.3. The summed E-state index contributed by atoms with van der Waals surface area (Å²) in [5.41, 5.74) is 16.3. The molecule has 72 heavy (non-hydrogen) atoms. The summed E-state index contributed by atoms with van der Waals surface area (Å²) in [6, 6.07) is 90.4. The van der Waals surface area contributed by atoms with Crippen molar-refractivity contribution in [2.75, 3.05) is 9.62 Å². The first-order chi connectivity index (χ1) is 35.3. The van der Waals surface area contributed by atoms with Gasteiger partial charge >= 0.3 is 350 Å². The molecule has 0 spiro atoms. The molecule has 3 heterocycles. The molecule has 9 aromatic carbocycles. The van der Waals surface area contributed by atoms with Crippen LogP contribution >= 0.6 is 0 Å². The molecular formula is C64H48BN5OPt-2. The first-order valence-corrected chi connectivity index (χ1v) is 25.4. The number of rotatable bonds is 10. The Bertz CT molecular complexity index is 3810. The Morgan fingerprint density at radius 3 is 1.85 bits per heavy atom. The van der Waals surface area contributed by atoms with Gasteiger partial charge in [-0.2, -0.15) is 12.1 Å². The van der Waals surface area contributed by atoms with Crippen LogP contribution in [0, 0.1) is 15.9 Å². The van der Waals surface area contributed by atoms with E-state index in [-0.39, 0.29) is 12.4 Å². The van der Waals surface area contributed by atoms with Gasteiger partial charge in [-0.1, -0.05) is 48.5 Å². The first-order valence-electron chi connectivity index (χ1n) is 24.2. The van der Waals surface area contributed by atoms with Crippen LogP contribution in [0.1, 0.15) is 26.3 Å². The predicted molar refractivity (Wildman–Crippen MR) is 292 cm³/mol. The predicted octanol–water partition coefficient (Wildman–Crippen LogP) is 15.3. The third-order valence-corrected chi connectivity index (χ3v) is 14.4. The van der Waals surface area contributed by atoms with E-state index < -0.39 is 0 Å². The van der Waals surface area contributed by atoms with E-state index in [0.717, 1.165) is 76.8 Å². The molecule has 1 aliphatic heterocycles. The van der Waals surface area contributed by atoms with Crippen LogP contribution in [0.3, 0.4) is 0 Å². The Morgan fingerprint density at radius 1 is 0.528 bits per heavy atom. The zero-order chi connectivity index (χ0) is 48.8. The molecule has 12 rings (SSSR count). The van der Waals surface area contributed by atoms with Gasteiger partial charge in [-0.3, -0.25) is 0 Å². The molecule has 350 valence electrons. The molecule has 0 saturated carbocycles. The van der Waals surface area contributed by atoms with Gasteiger partial charge < -0.3 is 0 Å². The third-order valence-electron chi connectivity index (χ3n) is 13.4. The Kier molecular flexibility index (Phi) is 11.7. The second kappa shape index (κ2) is 18.8. The number of imidazole rings is 1. The Hall–Kier alpha value is -8.25. The van der Waals surface area contributed by atoms with Gasteiger partial charge in [-0.15, -0.1) is 6.07 Å². The topological polar surface area (TPSA) is 38.5 Å². The molecule has 0 radical (unpaired) electrons. The van der Waals surface area contributed by atoms with Gasteiger partial charge in [-0.25, -0.2) is 0 Å². The minimum absolute atomic E-state index is 0.118. The summed E-state index contributed by atoms with van der Waals surface area (Å²) in [4.78, 5) is 9.83. The average molecular weight is 1110 g/mol. The SMILES string of the molecule is CC(C)(C)c1cc(-c2ccccc2)c(-n2[c](=[Pt])n(-c3[c-]c(Oc4cccc(N5B(c6ccccc6)N(c6ccccc6)c6ccc[c-]c65)n4)ccc3)c3ccccc32)c(-c2cccc(-c3ccccc3)c2)c1. The molecule has 0 aliphatic carbocycles. The third kappa shape index (κ3) is 8.30. The van der Waals surface area contributed by atoms with Crippen LogP contribution in [0.15, 0.2) is 237 Å². The van der Waals surface area contributed by atoms with Gasteiger partial charge in [0.05, 0.1) is 0 Å². The monoisotopic (exact) mass is 1110 g/mol. The number of ether oxygens (including phenoxy) is 1. The number of nitrogens with zero attached hydrogens (tertiary/aromatic N) is 5. The van der Waals surface area contributed by atoms with Crippen molar-refractivity contribution in [2.45, 2.75) is 26.2 Å². The van der Waals surface area contributed by atoms with Crippen molar-refractivity contribution in [3.63, 3.8) is 0 Å². The van der Waals surface area contributed by atoms with E-state index in [0.29, 0.717) is 11.6 Å². The number of hydrogen-bond acceptors (Lipinski definition) is 4. The van der Waals surface area contributed by atoms with Gasteiger partial charge in [0.1, 0.15) is 0 Å². The molecular weight excluding hydrogens is 1060 g/mol. The van der Waals surface area contributed by atoms with Crippen molar-refractivity contribution in [1.82, 2.24) is 14.1 Å². The van der Waals surface area contributed by atoms with Crippen molar-refractivity contribution in [3.05, 3.63) is 258 Å². The van der Waals surface area contributed by atoms with Gasteiger partial charge in [-0.05, 0) is 12.1 Å². The number of anilines is 4. The van der Waals surface area contributed by atoms with E-state index >= 15 is 0 Å². The van der Waals surface area contributed by atoms with Crippen LogP contribution in [0.4, 0.5) is 22.9 Å². The molecule has 6 nitrogen and oxygen atoms in total. The minimum atomic E-state index is -0.226. The van der Waals surface area contributed by atoms with Crippen LogP contribution in [0.2, 0.25) is 0 Å². The molecule has 0 N–H and O–H groups in total. The summed E-state index contributed by atoms with van der Waals surface area (Å²) in [7, 11) is 0. The Balaban J connectivity index is 0.981. The molecule has 0 fully saturated rings. The maximum absolute atomic E-state index is 6.73. The number of hydrogen-bond donors (Lipinski definition) is 0. The Labute approximate surface area is 432 Å². The fraction of sp³-hybridized carbons (Fsp3) is 0.0625. The Morgan fingerprint density at radius 2 is 1.12 bits per heavy atom. The maximum atomic E-state index is 6.73. The summed E-state index contributed by atoms with van der Waals surface area (Å²) in [5, 5.41) is 0. The van der Waals surface area contributed by atoms with E-state index in [1.165, 1.54) is 16.7 Å². The average Bonchev–Trinajstić information content (AvgIpc) is 3.93. The molecule has 0 atom stereocenters. The van der Waals surface area contributed by atoms with Crippen molar-refractivity contribution < 1.29 is 24.1 Å². The molecule has 1 aliphatic rings. The fourth-order valence-corrected chi connectivity index (χ4v) is 11.0. The van der Waals surface area contributed by atoms with Gasteiger partial charge in [0.2, 0.25) is 0 Å². The number of benzene rings is 9. The zero-order valence-electron chi connectivity index (χ0n) is 40.1. The molecule has 2 aromatic heterocycles. The molecule has 0 unspecified atom stereocenters. The number of pyridine rings is 1. The first kappa shape index (κ1) is 44.9. The number of aromatic nitrogens is 3. The van der Waals surface area contributed by atoms with E-state index in [2.05, 4.69) is 265 Å². The van der Waals surface area contributed by atoms with Gasteiger partial charge in [0, 0.05) is 5.69 Å². The summed E-state index contributed by atoms with van der Waals surface area (Å²) in [5.74, 6) is 1.75. The van der Waals surface area contributed by atoms with Crippen LogP contribution in [-0.2, 0) is 24.8 Å². The number of para-hydroxylation sites is 4. The second-order valence-corrected chi connectivity index (χ2v) is 20.0. The summed E-state index contributed by atoms with van der Waals surface area (Å²) in [6.07, 6.45) is 0. The molecule has 0 saturated heterocycles. The van der Waals surface area contributed by atoms with Crippen molar-refractivity contribution >= 4 is 46.4 Å². The van der Waals surface area contributed by atoms with Crippen molar-refractivity contribution in [3.8, 4) is 56.4 Å². The fourth-order valence-electron chi connectivity index (χ4n) is 9.96. The summed E-state index contributed by atoms with van der Waals surface area (Å²) >= 11 is 2.50. The number of fused-ring (bicyclic) bond motifs is 2. The van der Waals surface area contributed by atoms with Crippen LogP contribution < -0.4 is 19.8 Å². The van der Waals surface area contributed by atoms with E-state index in [1.807, 2.05) is 42.5 Å². The van der Waals surface area contributed by atoms with Gasteiger partial charge in [0.15, 0.2) is 0 Å². The van der Waals surface area contributed by atoms with E-state index in [4.69, 9.17) is 9.72 Å². The van der Waals surface area contributed by atoms with E-state index in [9.17, 15) is 0 Å². The molecule has 8 heteroatoms. The van der Waals surface area contributed by atoms with Gasteiger partial charge in [0.25, 0.3) is 0 Å². The van der Waals surface area contributed by atoms with Crippen molar-refractivity contribution in [1.29, 1.82) is 0 Å². The molecule has 0 amide bonds. The normalized spacial score (nSPS) is 12.4. The van der Waals surface area contributed by atoms with Crippen LogP contribution in [0.25, 0.3) is 55.8 Å². The quantitative estimate of drug-likeness (QED) is 0.101.